The second kappa shape index (κ2) is 7.35. The lowest BCUT2D eigenvalue weighted by Crippen LogP contribution is -2.21. The van der Waals surface area contributed by atoms with Gasteiger partial charge < -0.3 is 5.32 Å². The highest BCUT2D eigenvalue weighted by atomic mass is 19.4. The zero-order valence-corrected chi connectivity index (χ0v) is 16.7. The van der Waals surface area contributed by atoms with Crippen LogP contribution in [0.3, 0.4) is 0 Å². The number of alkyl halides is 6. The maximum atomic E-state index is 14.1. The monoisotopic (exact) mass is 458 g/mol. The fraction of sp³-hybridized carbons (Fsp3) is 0.368. The second-order valence-corrected chi connectivity index (χ2v) is 7.45. The Hall–Kier alpha value is -3.38. The smallest absolute Gasteiger partial charge is 0.321 e. The van der Waals surface area contributed by atoms with Gasteiger partial charge in [-0.2, -0.15) is 36.5 Å². The third-order valence-electron chi connectivity index (χ3n) is 4.93. The molecule has 1 aliphatic rings. The van der Waals surface area contributed by atoms with Gasteiger partial charge in [0.25, 0.3) is 5.91 Å². The van der Waals surface area contributed by atoms with Gasteiger partial charge in [-0.1, -0.05) is 0 Å². The Labute approximate surface area is 177 Å². The van der Waals surface area contributed by atoms with Gasteiger partial charge >= 0.3 is 12.4 Å². The average molecular weight is 458 g/mol. The van der Waals surface area contributed by atoms with Crippen molar-refractivity contribution in [2.75, 3.05) is 5.32 Å². The first-order chi connectivity index (χ1) is 14.9. The van der Waals surface area contributed by atoms with Crippen LogP contribution < -0.4 is 5.32 Å². The van der Waals surface area contributed by atoms with E-state index in [9.17, 15) is 31.1 Å². The summed E-state index contributed by atoms with van der Waals surface area (Å²) in [5.41, 5.74) is -3.58. The lowest BCUT2D eigenvalue weighted by Gasteiger charge is -2.12. The second-order valence-electron chi connectivity index (χ2n) is 7.45. The van der Waals surface area contributed by atoms with E-state index in [1.807, 2.05) is 0 Å². The zero-order valence-electron chi connectivity index (χ0n) is 16.7. The average Bonchev–Trinajstić information content (AvgIpc) is 3.35. The number of halogens is 6. The minimum Gasteiger partial charge on any atom is -0.321 e. The van der Waals surface area contributed by atoms with Crippen molar-refractivity contribution in [2.24, 2.45) is 14.1 Å². The number of pyridine rings is 1. The van der Waals surface area contributed by atoms with Gasteiger partial charge in [0.05, 0.1) is 5.69 Å². The number of aryl methyl sites for hydroxylation is 2. The first-order valence-corrected chi connectivity index (χ1v) is 9.39. The predicted molar refractivity (Wildman–Crippen MR) is 99.6 cm³/mol. The Morgan fingerprint density at radius 2 is 1.78 bits per heavy atom. The summed E-state index contributed by atoms with van der Waals surface area (Å²) in [5.74, 6) is -1.24. The summed E-state index contributed by atoms with van der Waals surface area (Å²) >= 11 is 0. The van der Waals surface area contributed by atoms with Gasteiger partial charge in [0.2, 0.25) is 0 Å². The fourth-order valence-electron chi connectivity index (χ4n) is 3.44. The molecule has 3 aromatic rings. The van der Waals surface area contributed by atoms with Crippen molar-refractivity contribution in [3.05, 3.63) is 47.2 Å². The molecule has 170 valence electrons. The van der Waals surface area contributed by atoms with E-state index in [1.54, 1.807) is 7.05 Å². The van der Waals surface area contributed by atoms with Gasteiger partial charge in [0.15, 0.2) is 0 Å². The Morgan fingerprint density at radius 3 is 2.38 bits per heavy atom. The van der Waals surface area contributed by atoms with E-state index in [0.29, 0.717) is 11.8 Å². The van der Waals surface area contributed by atoms with Crippen LogP contribution in [0.4, 0.5) is 32.0 Å². The number of hydrogen-bond acceptors (Lipinski definition) is 4. The van der Waals surface area contributed by atoms with Crippen LogP contribution in [0, 0.1) is 0 Å². The maximum Gasteiger partial charge on any atom is 0.433 e. The van der Waals surface area contributed by atoms with E-state index >= 15 is 0 Å². The van der Waals surface area contributed by atoms with E-state index in [2.05, 4.69) is 20.5 Å². The molecule has 13 heteroatoms. The van der Waals surface area contributed by atoms with Crippen LogP contribution in [0.2, 0.25) is 0 Å². The quantitative estimate of drug-likeness (QED) is 0.589. The maximum absolute atomic E-state index is 14.1. The number of rotatable bonds is 4. The third kappa shape index (κ3) is 4.06. The summed E-state index contributed by atoms with van der Waals surface area (Å²) in [6.07, 6.45) is -5.95. The summed E-state index contributed by atoms with van der Waals surface area (Å²) in [7, 11) is 2.73. The van der Waals surface area contributed by atoms with Gasteiger partial charge in [0.1, 0.15) is 22.6 Å². The van der Waals surface area contributed by atoms with Crippen LogP contribution in [0.25, 0.3) is 11.3 Å². The number of carbonyl (C=O) groups excluding carboxylic acids is 1. The number of nitrogens with one attached hydrogen (secondary N) is 1. The first-order valence-electron chi connectivity index (χ1n) is 9.39. The molecule has 1 saturated carbocycles. The molecule has 1 fully saturated rings. The molecule has 0 aromatic carbocycles. The molecular formula is C19H16F6N6O. The van der Waals surface area contributed by atoms with Crippen LogP contribution in [-0.4, -0.2) is 30.5 Å². The van der Waals surface area contributed by atoms with Gasteiger partial charge in [-0.15, -0.1) is 0 Å². The van der Waals surface area contributed by atoms with Crippen molar-refractivity contribution >= 4 is 11.6 Å². The number of carbonyl (C=O) groups is 1. The molecule has 0 saturated heterocycles. The van der Waals surface area contributed by atoms with Crippen LogP contribution in [0.5, 0.6) is 0 Å². The van der Waals surface area contributed by atoms with Gasteiger partial charge in [-0.05, 0) is 25.0 Å². The third-order valence-corrected chi connectivity index (χ3v) is 4.93. The molecule has 0 radical (unpaired) electrons. The van der Waals surface area contributed by atoms with Crippen molar-refractivity contribution in [3.63, 3.8) is 0 Å². The van der Waals surface area contributed by atoms with Crippen molar-refractivity contribution in [1.29, 1.82) is 0 Å². The molecular weight excluding hydrogens is 442 g/mol. The van der Waals surface area contributed by atoms with Crippen LogP contribution in [0.15, 0.2) is 24.5 Å². The molecule has 1 amide bonds. The van der Waals surface area contributed by atoms with Crippen LogP contribution in [0.1, 0.15) is 46.2 Å². The first kappa shape index (κ1) is 21.8. The number of amides is 1. The number of hydrogen-bond donors (Lipinski definition) is 1. The molecule has 1 aliphatic carbocycles. The molecule has 0 bridgehead atoms. The van der Waals surface area contributed by atoms with Crippen LogP contribution >= 0.6 is 0 Å². The number of aromatic nitrogens is 5. The topological polar surface area (TPSA) is 77.6 Å². The predicted octanol–water partition coefficient (Wildman–Crippen LogP) is 4.38. The zero-order chi connectivity index (χ0) is 23.4. The highest BCUT2D eigenvalue weighted by Gasteiger charge is 2.44. The summed E-state index contributed by atoms with van der Waals surface area (Å²) in [6, 6.07) is 1.58. The number of anilines is 1. The van der Waals surface area contributed by atoms with Crippen molar-refractivity contribution in [2.45, 2.75) is 31.1 Å². The molecule has 3 heterocycles. The lowest BCUT2D eigenvalue weighted by molar-refractivity contribution is -0.141. The van der Waals surface area contributed by atoms with E-state index < -0.39 is 40.9 Å². The minimum absolute atomic E-state index is 0.0178. The summed E-state index contributed by atoms with van der Waals surface area (Å²) < 4.78 is 82.9. The molecule has 7 nitrogen and oxygen atoms in total. The van der Waals surface area contributed by atoms with E-state index in [4.69, 9.17) is 0 Å². The Kier molecular flexibility index (Phi) is 5.01. The largest absolute Gasteiger partial charge is 0.433 e. The minimum atomic E-state index is -4.96. The summed E-state index contributed by atoms with van der Waals surface area (Å²) in [6.45, 7) is 0. The summed E-state index contributed by atoms with van der Waals surface area (Å²) in [5, 5.41) is 10.3. The highest BCUT2D eigenvalue weighted by Crippen LogP contribution is 2.46. The van der Waals surface area contributed by atoms with E-state index in [-0.39, 0.29) is 17.2 Å². The number of nitrogens with zero attached hydrogens (tertiary/aromatic N) is 5. The van der Waals surface area contributed by atoms with Crippen molar-refractivity contribution in [3.8, 4) is 11.3 Å². The van der Waals surface area contributed by atoms with Crippen LogP contribution in [-0.2, 0) is 26.4 Å². The normalized spacial score (nSPS) is 14.6. The molecule has 3 aromatic heterocycles. The summed E-state index contributed by atoms with van der Waals surface area (Å²) in [4.78, 5) is 15.9. The molecule has 1 N–H and O–H groups in total. The molecule has 0 spiro atoms. The molecule has 4 rings (SSSR count). The van der Waals surface area contributed by atoms with Crippen molar-refractivity contribution < 1.29 is 31.1 Å². The molecule has 0 aliphatic heterocycles. The SMILES string of the molecule is Cn1cc(-c2nn(C)c(C(=O)Nc3ccnc(C(F)(F)F)c3)c2C(F)(F)F)c(C2CC2)n1. The molecule has 32 heavy (non-hydrogen) atoms. The van der Waals surface area contributed by atoms with Gasteiger partial charge in [-0.3, -0.25) is 19.1 Å². The highest BCUT2D eigenvalue weighted by molar-refractivity contribution is 6.05. The Morgan fingerprint density at radius 1 is 1.09 bits per heavy atom. The Bertz CT molecular complexity index is 1190. The lowest BCUT2D eigenvalue weighted by atomic mass is 10.0. The Balaban J connectivity index is 1.78. The standard InChI is InChI=1S/C19H16F6N6O/c1-30-8-11(14(28-30)9-3-4-9)15-13(19(23,24)25)16(31(2)29-15)17(32)27-10-5-6-26-12(7-10)18(20,21)22/h5-9H,3-4H2,1-2H3,(H,26,27,32). The van der Waals surface area contributed by atoms with Crippen molar-refractivity contribution in [1.82, 2.24) is 24.5 Å². The van der Waals surface area contributed by atoms with Gasteiger partial charge in [0, 0.05) is 43.7 Å². The van der Waals surface area contributed by atoms with Gasteiger partial charge in [-0.25, -0.2) is 0 Å². The molecule has 0 unspecified atom stereocenters. The van der Waals surface area contributed by atoms with E-state index in [0.717, 1.165) is 36.8 Å². The molecule has 0 atom stereocenters. The fourth-order valence-corrected chi connectivity index (χ4v) is 3.44. The van der Waals surface area contributed by atoms with E-state index in [1.165, 1.54) is 10.9 Å².